The maximum atomic E-state index is 12.0. The van der Waals surface area contributed by atoms with Gasteiger partial charge in [0.2, 0.25) is 5.91 Å². The van der Waals surface area contributed by atoms with Crippen LogP contribution in [0.15, 0.2) is 0 Å². The summed E-state index contributed by atoms with van der Waals surface area (Å²) >= 11 is 5.05. The summed E-state index contributed by atoms with van der Waals surface area (Å²) in [5.74, 6) is 0.0718. The van der Waals surface area contributed by atoms with E-state index in [0.29, 0.717) is 4.99 Å². The molecule has 1 aliphatic heterocycles. The number of thiocarbonyl (C=S) groups is 1. The molecule has 1 fully saturated rings. The molecule has 0 bridgehead atoms. The van der Waals surface area contributed by atoms with Gasteiger partial charge < -0.3 is 11.1 Å². The number of carbonyl (C=O) groups is 1. The first-order valence-electron chi connectivity index (χ1n) is 6.32. The van der Waals surface area contributed by atoms with Gasteiger partial charge in [-0.2, -0.15) is 0 Å². The van der Waals surface area contributed by atoms with E-state index in [0.717, 1.165) is 25.8 Å². The lowest BCUT2D eigenvalue weighted by Gasteiger charge is -2.29. The largest absolute Gasteiger partial charge is 0.392 e. The maximum Gasteiger partial charge on any atom is 0.237 e. The lowest BCUT2D eigenvalue weighted by atomic mass is 10.1. The van der Waals surface area contributed by atoms with Crippen molar-refractivity contribution in [1.82, 2.24) is 10.2 Å². The number of carbonyl (C=O) groups excluding carboxylic acids is 1. The summed E-state index contributed by atoms with van der Waals surface area (Å²) in [4.78, 5) is 14.6. The minimum absolute atomic E-state index is 0.0718. The third-order valence-corrected chi connectivity index (χ3v) is 3.77. The number of likely N-dealkylation sites (tertiary alicyclic amines) is 1. The summed E-state index contributed by atoms with van der Waals surface area (Å²) in [6, 6.07) is 0.150. The second-order valence-electron chi connectivity index (χ2n) is 4.79. The number of nitrogens with two attached hydrogens (primary N) is 1. The topological polar surface area (TPSA) is 58.4 Å². The van der Waals surface area contributed by atoms with Crippen LogP contribution in [0.3, 0.4) is 0 Å². The van der Waals surface area contributed by atoms with Gasteiger partial charge in [0.05, 0.1) is 17.1 Å². The Morgan fingerprint density at radius 1 is 1.59 bits per heavy atom. The van der Waals surface area contributed by atoms with E-state index in [9.17, 15) is 4.79 Å². The fourth-order valence-corrected chi connectivity index (χ4v) is 2.43. The van der Waals surface area contributed by atoms with Gasteiger partial charge in [-0.3, -0.25) is 9.69 Å². The zero-order valence-corrected chi connectivity index (χ0v) is 11.7. The summed E-state index contributed by atoms with van der Waals surface area (Å²) in [6.45, 7) is 6.90. The van der Waals surface area contributed by atoms with E-state index in [2.05, 4.69) is 17.1 Å². The van der Waals surface area contributed by atoms with Crippen LogP contribution >= 0.6 is 12.2 Å². The SMILES string of the molecule is CCC(C)NC(=O)C(C)N1CCCC1C(N)=S. The normalized spacial score (nSPS) is 24.3. The molecule has 1 aliphatic rings. The van der Waals surface area contributed by atoms with Gasteiger partial charge in [0.15, 0.2) is 0 Å². The van der Waals surface area contributed by atoms with Crippen LogP contribution in [-0.2, 0) is 4.79 Å². The summed E-state index contributed by atoms with van der Waals surface area (Å²) in [5, 5.41) is 3.00. The predicted octanol–water partition coefficient (Wildman–Crippen LogP) is 1.04. The highest BCUT2D eigenvalue weighted by Gasteiger charge is 2.33. The Morgan fingerprint density at radius 2 is 2.24 bits per heavy atom. The number of nitrogens with one attached hydrogen (secondary N) is 1. The Labute approximate surface area is 109 Å². The van der Waals surface area contributed by atoms with E-state index in [1.807, 2.05) is 13.8 Å². The van der Waals surface area contributed by atoms with Crippen LogP contribution in [0.25, 0.3) is 0 Å². The van der Waals surface area contributed by atoms with Gasteiger partial charge >= 0.3 is 0 Å². The minimum atomic E-state index is -0.155. The van der Waals surface area contributed by atoms with Gasteiger partial charge in [-0.1, -0.05) is 19.1 Å². The van der Waals surface area contributed by atoms with Crippen molar-refractivity contribution in [2.24, 2.45) is 5.73 Å². The molecule has 0 aliphatic carbocycles. The van der Waals surface area contributed by atoms with Crippen molar-refractivity contribution in [2.75, 3.05) is 6.54 Å². The van der Waals surface area contributed by atoms with Gasteiger partial charge in [0.25, 0.3) is 0 Å². The van der Waals surface area contributed by atoms with E-state index in [1.165, 1.54) is 0 Å². The van der Waals surface area contributed by atoms with E-state index in [1.54, 1.807) is 0 Å². The van der Waals surface area contributed by atoms with Crippen LogP contribution in [0.4, 0.5) is 0 Å². The fraction of sp³-hybridized carbons (Fsp3) is 0.833. The molecular formula is C12H23N3OS. The smallest absolute Gasteiger partial charge is 0.237 e. The predicted molar refractivity (Wildman–Crippen MR) is 73.9 cm³/mol. The van der Waals surface area contributed by atoms with Crippen LogP contribution in [0, 0.1) is 0 Å². The van der Waals surface area contributed by atoms with Crippen molar-refractivity contribution in [3.05, 3.63) is 0 Å². The Bertz CT molecular complexity index is 295. The molecule has 0 aromatic rings. The zero-order chi connectivity index (χ0) is 13.0. The van der Waals surface area contributed by atoms with Gasteiger partial charge in [0, 0.05) is 6.04 Å². The van der Waals surface area contributed by atoms with Crippen molar-refractivity contribution in [2.45, 2.75) is 58.2 Å². The monoisotopic (exact) mass is 257 g/mol. The molecule has 17 heavy (non-hydrogen) atoms. The molecule has 4 nitrogen and oxygen atoms in total. The van der Waals surface area contributed by atoms with Gasteiger partial charge in [-0.25, -0.2) is 0 Å². The lowest BCUT2D eigenvalue weighted by molar-refractivity contribution is -0.126. The molecule has 1 heterocycles. The number of amides is 1. The summed E-state index contributed by atoms with van der Waals surface area (Å²) in [7, 11) is 0. The van der Waals surface area contributed by atoms with Crippen LogP contribution in [0.5, 0.6) is 0 Å². The minimum Gasteiger partial charge on any atom is -0.392 e. The summed E-state index contributed by atoms with van der Waals surface area (Å²) in [6.07, 6.45) is 2.97. The molecular weight excluding hydrogens is 234 g/mol. The van der Waals surface area contributed by atoms with Crippen LogP contribution in [0.2, 0.25) is 0 Å². The molecule has 0 radical (unpaired) electrons. The Balaban J connectivity index is 2.59. The Kier molecular flexibility index (Phi) is 5.33. The molecule has 1 saturated heterocycles. The second-order valence-corrected chi connectivity index (χ2v) is 5.26. The van der Waals surface area contributed by atoms with E-state index < -0.39 is 0 Å². The molecule has 0 aromatic heterocycles. The van der Waals surface area contributed by atoms with Crippen molar-refractivity contribution < 1.29 is 4.79 Å². The quantitative estimate of drug-likeness (QED) is 0.723. The van der Waals surface area contributed by atoms with Crippen molar-refractivity contribution in [3.8, 4) is 0 Å². The van der Waals surface area contributed by atoms with Crippen LogP contribution < -0.4 is 11.1 Å². The molecule has 0 saturated carbocycles. The van der Waals surface area contributed by atoms with Crippen molar-refractivity contribution in [1.29, 1.82) is 0 Å². The maximum absolute atomic E-state index is 12.0. The molecule has 0 spiro atoms. The van der Waals surface area contributed by atoms with E-state index in [4.69, 9.17) is 18.0 Å². The Morgan fingerprint density at radius 3 is 2.76 bits per heavy atom. The van der Waals surface area contributed by atoms with Gasteiger partial charge in [-0.15, -0.1) is 0 Å². The summed E-state index contributed by atoms with van der Waals surface area (Å²) in [5.41, 5.74) is 5.71. The molecule has 5 heteroatoms. The van der Waals surface area contributed by atoms with E-state index >= 15 is 0 Å². The molecule has 98 valence electrons. The fourth-order valence-electron chi connectivity index (χ4n) is 2.17. The molecule has 1 rings (SSSR count). The molecule has 3 unspecified atom stereocenters. The van der Waals surface area contributed by atoms with E-state index in [-0.39, 0.29) is 24.0 Å². The first-order valence-corrected chi connectivity index (χ1v) is 6.73. The molecule has 0 aromatic carbocycles. The lowest BCUT2D eigenvalue weighted by Crippen LogP contribution is -2.51. The number of hydrogen-bond acceptors (Lipinski definition) is 3. The second kappa shape index (κ2) is 6.31. The standard InChI is InChI=1S/C12H23N3OS/c1-4-8(2)14-12(16)9(3)15-7-5-6-10(15)11(13)17/h8-10H,4-7H2,1-3H3,(H2,13,17)(H,14,16). The van der Waals surface area contributed by atoms with Gasteiger partial charge in [0.1, 0.15) is 0 Å². The first-order chi connectivity index (χ1) is 7.97. The zero-order valence-electron chi connectivity index (χ0n) is 10.9. The number of hydrogen-bond donors (Lipinski definition) is 2. The van der Waals surface area contributed by atoms with Crippen molar-refractivity contribution in [3.63, 3.8) is 0 Å². The first kappa shape index (κ1) is 14.4. The number of rotatable bonds is 5. The summed E-state index contributed by atoms with van der Waals surface area (Å²) < 4.78 is 0. The third-order valence-electron chi connectivity index (χ3n) is 3.50. The molecule has 3 atom stereocenters. The highest BCUT2D eigenvalue weighted by molar-refractivity contribution is 7.80. The van der Waals surface area contributed by atoms with Crippen LogP contribution in [-0.4, -0.2) is 40.5 Å². The molecule has 3 N–H and O–H groups in total. The number of nitrogens with zero attached hydrogens (tertiary/aromatic N) is 1. The Hall–Kier alpha value is -0.680. The van der Waals surface area contributed by atoms with Crippen LogP contribution in [0.1, 0.15) is 40.0 Å². The van der Waals surface area contributed by atoms with Crippen molar-refractivity contribution >= 4 is 23.1 Å². The third kappa shape index (κ3) is 3.64. The van der Waals surface area contributed by atoms with Gasteiger partial charge in [-0.05, 0) is 39.7 Å². The highest BCUT2D eigenvalue weighted by atomic mass is 32.1. The highest BCUT2D eigenvalue weighted by Crippen LogP contribution is 2.20. The molecule has 1 amide bonds. The average Bonchev–Trinajstić information content (AvgIpc) is 2.76. The average molecular weight is 257 g/mol.